The van der Waals surface area contributed by atoms with Crippen molar-refractivity contribution in [1.29, 1.82) is 0 Å². The smallest absolute Gasteiger partial charge is 0.343 e. The maximum absolute atomic E-state index is 11.8. The van der Waals surface area contributed by atoms with Crippen LogP contribution >= 0.6 is 15.9 Å². The first-order valence-electron chi connectivity index (χ1n) is 5.37. The Bertz CT molecular complexity index is 552. The van der Waals surface area contributed by atoms with Gasteiger partial charge in [0.2, 0.25) is 0 Å². The molecule has 2 aromatic carbocycles. The summed E-state index contributed by atoms with van der Waals surface area (Å²) in [6, 6.07) is 13.9. The van der Waals surface area contributed by atoms with Crippen molar-refractivity contribution >= 4 is 21.9 Å². The van der Waals surface area contributed by atoms with E-state index >= 15 is 0 Å². The van der Waals surface area contributed by atoms with E-state index in [1.165, 1.54) is 0 Å². The summed E-state index contributed by atoms with van der Waals surface area (Å²) in [4.78, 5) is 11.8. The summed E-state index contributed by atoms with van der Waals surface area (Å²) in [5.74, 6) is 0.0223. The van der Waals surface area contributed by atoms with E-state index in [4.69, 9.17) is 9.84 Å². The first-order valence-corrected chi connectivity index (χ1v) is 6.16. The molecule has 0 heterocycles. The fraction of sp³-hybridized carbons (Fsp3) is 0.0714. The second kappa shape index (κ2) is 5.80. The van der Waals surface area contributed by atoms with Crippen molar-refractivity contribution in [2.24, 2.45) is 0 Å². The summed E-state index contributed by atoms with van der Waals surface area (Å²) in [5, 5.41) is 8.98. The van der Waals surface area contributed by atoms with E-state index in [0.29, 0.717) is 15.8 Å². The van der Waals surface area contributed by atoms with E-state index in [9.17, 15) is 4.79 Å². The summed E-state index contributed by atoms with van der Waals surface area (Å²) in [7, 11) is 0. The molecule has 0 aliphatic carbocycles. The molecule has 0 amide bonds. The molecule has 18 heavy (non-hydrogen) atoms. The number of carbonyl (C=O) groups is 1. The average Bonchev–Trinajstić information content (AvgIpc) is 2.42. The molecule has 0 spiro atoms. The van der Waals surface area contributed by atoms with Crippen molar-refractivity contribution in [1.82, 2.24) is 0 Å². The van der Waals surface area contributed by atoms with Gasteiger partial charge in [0.25, 0.3) is 0 Å². The van der Waals surface area contributed by atoms with Crippen molar-refractivity contribution in [2.45, 2.75) is 6.61 Å². The van der Waals surface area contributed by atoms with Crippen LogP contribution in [-0.4, -0.2) is 11.1 Å². The molecule has 0 saturated heterocycles. The number of halogens is 1. The van der Waals surface area contributed by atoms with E-state index in [2.05, 4.69) is 15.9 Å². The molecule has 92 valence electrons. The number of aliphatic hydroxyl groups excluding tert-OH is 1. The molecule has 0 unspecified atom stereocenters. The van der Waals surface area contributed by atoms with Crippen LogP contribution in [0, 0.1) is 0 Å². The SMILES string of the molecule is O=C(Oc1ccc(CO)cc1Br)c1ccccc1. The Morgan fingerprint density at radius 3 is 2.50 bits per heavy atom. The molecule has 0 aliphatic heterocycles. The second-order valence-electron chi connectivity index (χ2n) is 3.68. The molecule has 0 bridgehead atoms. The largest absolute Gasteiger partial charge is 0.422 e. The first-order chi connectivity index (χ1) is 8.70. The average molecular weight is 307 g/mol. The molecule has 0 atom stereocenters. The Morgan fingerprint density at radius 2 is 1.89 bits per heavy atom. The quantitative estimate of drug-likeness (QED) is 0.700. The molecule has 0 aromatic heterocycles. The number of hydrogen-bond donors (Lipinski definition) is 1. The Hall–Kier alpha value is -1.65. The zero-order valence-electron chi connectivity index (χ0n) is 9.47. The van der Waals surface area contributed by atoms with E-state index < -0.39 is 5.97 Å². The van der Waals surface area contributed by atoms with Crippen LogP contribution in [0.2, 0.25) is 0 Å². The van der Waals surface area contributed by atoms with Gasteiger partial charge in [0.15, 0.2) is 0 Å². The van der Waals surface area contributed by atoms with Crippen LogP contribution in [0.15, 0.2) is 53.0 Å². The molecule has 3 nitrogen and oxygen atoms in total. The molecule has 0 fully saturated rings. The molecule has 0 radical (unpaired) electrons. The fourth-order valence-electron chi connectivity index (χ4n) is 1.46. The summed E-state index contributed by atoms with van der Waals surface area (Å²) in [5.41, 5.74) is 1.25. The highest BCUT2D eigenvalue weighted by atomic mass is 79.9. The second-order valence-corrected chi connectivity index (χ2v) is 4.53. The third-order valence-corrected chi connectivity index (χ3v) is 3.01. The Morgan fingerprint density at radius 1 is 1.17 bits per heavy atom. The molecular formula is C14H11BrO3. The predicted molar refractivity (Wildman–Crippen MR) is 71.5 cm³/mol. The number of rotatable bonds is 3. The Kier molecular flexibility index (Phi) is 4.12. The van der Waals surface area contributed by atoms with Crippen LogP contribution in [0.1, 0.15) is 15.9 Å². The van der Waals surface area contributed by atoms with E-state index in [1.54, 1.807) is 42.5 Å². The zero-order valence-corrected chi connectivity index (χ0v) is 11.1. The maximum atomic E-state index is 11.8. The Balaban J connectivity index is 2.17. The van der Waals surface area contributed by atoms with Crippen LogP contribution in [0.5, 0.6) is 5.75 Å². The monoisotopic (exact) mass is 306 g/mol. The number of aliphatic hydroxyl groups is 1. The van der Waals surface area contributed by atoms with Crippen molar-refractivity contribution < 1.29 is 14.6 Å². The Labute approximate surface area is 113 Å². The number of ether oxygens (including phenoxy) is 1. The lowest BCUT2D eigenvalue weighted by Gasteiger charge is -2.07. The van der Waals surface area contributed by atoms with Crippen molar-refractivity contribution in [3.05, 3.63) is 64.1 Å². The summed E-state index contributed by atoms with van der Waals surface area (Å²) in [6.45, 7) is -0.0501. The summed E-state index contributed by atoms with van der Waals surface area (Å²) < 4.78 is 5.90. The van der Waals surface area contributed by atoms with E-state index in [1.807, 2.05) is 6.07 Å². The predicted octanol–water partition coefficient (Wildman–Crippen LogP) is 3.16. The van der Waals surface area contributed by atoms with Gasteiger partial charge in [-0.2, -0.15) is 0 Å². The minimum atomic E-state index is -0.409. The molecule has 2 rings (SSSR count). The zero-order chi connectivity index (χ0) is 13.0. The third-order valence-electron chi connectivity index (χ3n) is 2.39. The summed E-state index contributed by atoms with van der Waals surface area (Å²) in [6.07, 6.45) is 0. The van der Waals surface area contributed by atoms with Crippen LogP contribution in [0.3, 0.4) is 0 Å². The highest BCUT2D eigenvalue weighted by Gasteiger charge is 2.10. The fourth-order valence-corrected chi connectivity index (χ4v) is 1.97. The normalized spacial score (nSPS) is 10.1. The van der Waals surface area contributed by atoms with Gasteiger partial charge < -0.3 is 9.84 Å². The standard InChI is InChI=1S/C14H11BrO3/c15-12-8-10(9-16)6-7-13(12)18-14(17)11-4-2-1-3-5-11/h1-8,16H,9H2. The van der Waals surface area contributed by atoms with Gasteiger partial charge in [-0.05, 0) is 45.8 Å². The highest BCUT2D eigenvalue weighted by molar-refractivity contribution is 9.10. The van der Waals surface area contributed by atoms with E-state index in [-0.39, 0.29) is 6.61 Å². The van der Waals surface area contributed by atoms with Crippen molar-refractivity contribution in [3.8, 4) is 5.75 Å². The van der Waals surface area contributed by atoms with Crippen molar-refractivity contribution in [2.75, 3.05) is 0 Å². The number of benzene rings is 2. The molecule has 0 saturated carbocycles. The van der Waals surface area contributed by atoms with Gasteiger partial charge in [0.1, 0.15) is 5.75 Å². The van der Waals surface area contributed by atoms with Gasteiger partial charge in [-0.15, -0.1) is 0 Å². The molecular weight excluding hydrogens is 296 g/mol. The maximum Gasteiger partial charge on any atom is 0.343 e. The lowest BCUT2D eigenvalue weighted by Crippen LogP contribution is -2.08. The number of hydrogen-bond acceptors (Lipinski definition) is 3. The minimum Gasteiger partial charge on any atom is -0.422 e. The van der Waals surface area contributed by atoms with E-state index in [0.717, 1.165) is 5.56 Å². The number of carbonyl (C=O) groups excluding carboxylic acids is 1. The van der Waals surface area contributed by atoms with Gasteiger partial charge >= 0.3 is 5.97 Å². The van der Waals surface area contributed by atoms with Gasteiger partial charge in [0.05, 0.1) is 16.6 Å². The van der Waals surface area contributed by atoms with Crippen LogP contribution in [0.25, 0.3) is 0 Å². The van der Waals surface area contributed by atoms with Crippen LogP contribution in [0.4, 0.5) is 0 Å². The van der Waals surface area contributed by atoms with Gasteiger partial charge in [-0.25, -0.2) is 4.79 Å². The van der Waals surface area contributed by atoms with Crippen molar-refractivity contribution in [3.63, 3.8) is 0 Å². The summed E-state index contributed by atoms with van der Waals surface area (Å²) >= 11 is 3.30. The topological polar surface area (TPSA) is 46.5 Å². The van der Waals surface area contributed by atoms with Crippen LogP contribution in [-0.2, 0) is 6.61 Å². The lowest BCUT2D eigenvalue weighted by atomic mass is 10.2. The molecule has 0 aliphatic rings. The first kappa shape index (κ1) is 12.8. The van der Waals surface area contributed by atoms with Gasteiger partial charge in [0, 0.05) is 0 Å². The van der Waals surface area contributed by atoms with Crippen LogP contribution < -0.4 is 4.74 Å². The molecule has 4 heteroatoms. The molecule has 1 N–H and O–H groups in total. The van der Waals surface area contributed by atoms with Gasteiger partial charge in [-0.1, -0.05) is 24.3 Å². The molecule has 2 aromatic rings. The third kappa shape index (κ3) is 2.97. The lowest BCUT2D eigenvalue weighted by molar-refractivity contribution is 0.0733. The highest BCUT2D eigenvalue weighted by Crippen LogP contribution is 2.26. The van der Waals surface area contributed by atoms with Gasteiger partial charge in [-0.3, -0.25) is 0 Å². The number of esters is 1. The minimum absolute atomic E-state index is 0.0501.